The molecule has 0 radical (unpaired) electrons. The molecule has 0 atom stereocenters. The maximum absolute atomic E-state index is 10.9. The van der Waals surface area contributed by atoms with Crippen molar-refractivity contribution in [2.24, 2.45) is 7.05 Å². The zero-order chi connectivity index (χ0) is 14.0. The van der Waals surface area contributed by atoms with Gasteiger partial charge in [0.1, 0.15) is 23.2 Å². The molecular weight excluding hydrogens is 266 g/mol. The maximum atomic E-state index is 10.9. The maximum Gasteiger partial charge on any atom is 0.172 e. The third-order valence-corrected chi connectivity index (χ3v) is 3.25. The Labute approximate surface area is 116 Å². The second kappa shape index (κ2) is 5.40. The molecule has 0 amide bonds. The number of aryl methyl sites for hydroxylation is 3. The van der Waals surface area contributed by atoms with Gasteiger partial charge in [-0.2, -0.15) is 5.10 Å². The lowest BCUT2D eigenvalue weighted by Gasteiger charge is -2.08. The summed E-state index contributed by atoms with van der Waals surface area (Å²) >= 11 is 6.11. The lowest BCUT2D eigenvalue weighted by molar-refractivity contribution is 0.111. The van der Waals surface area contributed by atoms with E-state index in [1.165, 1.54) is 0 Å². The van der Waals surface area contributed by atoms with Crippen molar-refractivity contribution in [3.05, 3.63) is 39.9 Å². The minimum atomic E-state index is 0.254. The fraction of sp³-hybridized carbons (Fsp3) is 0.308. The van der Waals surface area contributed by atoms with Gasteiger partial charge >= 0.3 is 0 Å². The molecule has 0 spiro atoms. The van der Waals surface area contributed by atoms with Gasteiger partial charge in [-0.15, -0.1) is 0 Å². The molecule has 0 aliphatic heterocycles. The summed E-state index contributed by atoms with van der Waals surface area (Å²) in [4.78, 5) is 15.1. The molecule has 0 fully saturated rings. The predicted octanol–water partition coefficient (Wildman–Crippen LogP) is 2.48. The molecule has 2 aromatic rings. The number of pyridine rings is 1. The average Bonchev–Trinajstić information content (AvgIpc) is 2.62. The van der Waals surface area contributed by atoms with Gasteiger partial charge in [0.2, 0.25) is 0 Å². The number of carbonyl (C=O) groups is 1. The Morgan fingerprint density at radius 1 is 1.42 bits per heavy atom. The molecule has 2 rings (SSSR count). The molecule has 0 saturated heterocycles. The number of rotatable bonds is 4. The number of aldehydes is 1. The van der Waals surface area contributed by atoms with Gasteiger partial charge in [0.15, 0.2) is 6.29 Å². The molecule has 2 aromatic heterocycles. The molecule has 0 aromatic carbocycles. The third-order valence-electron chi connectivity index (χ3n) is 2.78. The van der Waals surface area contributed by atoms with Gasteiger partial charge < -0.3 is 4.74 Å². The van der Waals surface area contributed by atoms with E-state index in [4.69, 9.17) is 16.3 Å². The van der Waals surface area contributed by atoms with Gasteiger partial charge in [0.25, 0.3) is 0 Å². The monoisotopic (exact) mass is 279 g/mol. The van der Waals surface area contributed by atoms with E-state index in [1.54, 1.807) is 23.9 Å². The molecule has 0 saturated carbocycles. The molecule has 5 nitrogen and oxygen atoms in total. The van der Waals surface area contributed by atoms with E-state index in [2.05, 4.69) is 10.1 Å². The van der Waals surface area contributed by atoms with E-state index in [-0.39, 0.29) is 12.3 Å². The summed E-state index contributed by atoms with van der Waals surface area (Å²) in [7, 11) is 1.77. The zero-order valence-corrected chi connectivity index (χ0v) is 11.7. The Balaban J connectivity index is 2.21. The van der Waals surface area contributed by atoms with Crippen LogP contribution >= 0.6 is 11.6 Å². The van der Waals surface area contributed by atoms with Gasteiger partial charge in [-0.1, -0.05) is 11.6 Å². The number of ether oxygens (including phenoxy) is 1. The lowest BCUT2D eigenvalue weighted by Crippen LogP contribution is -2.02. The second-order valence-corrected chi connectivity index (χ2v) is 4.58. The second-order valence-electron chi connectivity index (χ2n) is 4.22. The first kappa shape index (κ1) is 13.5. The standard InChI is InChI=1S/C13H14ClN3O2/c1-8-4-5-12(11(6-18)15-8)19-7-10-9(2)16-17(3)13(10)14/h4-6H,7H2,1-3H3. The summed E-state index contributed by atoms with van der Waals surface area (Å²) in [6, 6.07) is 3.52. The van der Waals surface area contributed by atoms with Crippen molar-refractivity contribution in [3.63, 3.8) is 0 Å². The van der Waals surface area contributed by atoms with Crippen LogP contribution in [-0.2, 0) is 13.7 Å². The normalized spacial score (nSPS) is 10.5. The molecule has 0 unspecified atom stereocenters. The van der Waals surface area contributed by atoms with E-state index in [0.29, 0.717) is 17.2 Å². The SMILES string of the molecule is Cc1ccc(OCc2c(C)nn(C)c2Cl)c(C=O)n1. The topological polar surface area (TPSA) is 57.0 Å². The van der Waals surface area contributed by atoms with E-state index >= 15 is 0 Å². The molecule has 0 aliphatic carbocycles. The third kappa shape index (κ3) is 2.76. The fourth-order valence-corrected chi connectivity index (χ4v) is 1.99. The van der Waals surface area contributed by atoms with Crippen molar-refractivity contribution in [1.29, 1.82) is 0 Å². The van der Waals surface area contributed by atoms with E-state index in [9.17, 15) is 4.79 Å². The van der Waals surface area contributed by atoms with Crippen LogP contribution in [0.25, 0.3) is 0 Å². The molecule has 6 heteroatoms. The summed E-state index contributed by atoms with van der Waals surface area (Å²) in [6.07, 6.45) is 0.681. The number of carbonyl (C=O) groups excluding carboxylic acids is 1. The molecule has 2 heterocycles. The van der Waals surface area contributed by atoms with Crippen LogP contribution in [0.2, 0.25) is 5.15 Å². The van der Waals surface area contributed by atoms with Gasteiger partial charge in [-0.05, 0) is 26.0 Å². The molecule has 0 aliphatic rings. The van der Waals surface area contributed by atoms with E-state index in [0.717, 1.165) is 17.0 Å². The Kier molecular flexibility index (Phi) is 3.85. The molecule has 0 bridgehead atoms. The Bertz CT molecular complexity index is 623. The molecule has 100 valence electrons. The van der Waals surface area contributed by atoms with Crippen molar-refractivity contribution in [2.45, 2.75) is 20.5 Å². The lowest BCUT2D eigenvalue weighted by atomic mass is 10.2. The van der Waals surface area contributed by atoms with Gasteiger partial charge in [0.05, 0.1) is 5.69 Å². The van der Waals surface area contributed by atoms with Crippen molar-refractivity contribution in [1.82, 2.24) is 14.8 Å². The first-order chi connectivity index (χ1) is 9.02. The predicted molar refractivity (Wildman–Crippen MR) is 71.6 cm³/mol. The van der Waals surface area contributed by atoms with Crippen LogP contribution in [-0.4, -0.2) is 21.1 Å². The molecular formula is C13H14ClN3O2. The van der Waals surface area contributed by atoms with Crippen molar-refractivity contribution in [2.75, 3.05) is 0 Å². The summed E-state index contributed by atoms with van der Waals surface area (Å²) in [5.74, 6) is 0.444. The van der Waals surface area contributed by atoms with Gasteiger partial charge in [0, 0.05) is 18.3 Å². The summed E-state index contributed by atoms with van der Waals surface area (Å²) < 4.78 is 7.20. The first-order valence-electron chi connectivity index (χ1n) is 5.76. The highest BCUT2D eigenvalue weighted by atomic mass is 35.5. The highest BCUT2D eigenvalue weighted by molar-refractivity contribution is 6.30. The van der Waals surface area contributed by atoms with Crippen molar-refractivity contribution >= 4 is 17.9 Å². The highest BCUT2D eigenvalue weighted by Crippen LogP contribution is 2.22. The smallest absolute Gasteiger partial charge is 0.172 e. The van der Waals surface area contributed by atoms with Crippen LogP contribution in [0.4, 0.5) is 0 Å². The number of aromatic nitrogens is 3. The van der Waals surface area contributed by atoms with Crippen LogP contribution in [0.15, 0.2) is 12.1 Å². The van der Waals surface area contributed by atoms with Crippen molar-refractivity contribution < 1.29 is 9.53 Å². The van der Waals surface area contributed by atoms with E-state index < -0.39 is 0 Å². The zero-order valence-electron chi connectivity index (χ0n) is 11.0. The molecule has 19 heavy (non-hydrogen) atoms. The molecule has 0 N–H and O–H groups in total. The van der Waals surface area contributed by atoms with Crippen LogP contribution in [0.3, 0.4) is 0 Å². The van der Waals surface area contributed by atoms with Crippen LogP contribution in [0, 0.1) is 13.8 Å². The number of hydrogen-bond donors (Lipinski definition) is 0. The van der Waals surface area contributed by atoms with Gasteiger partial charge in [-0.3, -0.25) is 9.48 Å². The largest absolute Gasteiger partial charge is 0.486 e. The van der Waals surface area contributed by atoms with Crippen molar-refractivity contribution in [3.8, 4) is 5.75 Å². The Hall–Kier alpha value is -1.88. The number of hydrogen-bond acceptors (Lipinski definition) is 4. The average molecular weight is 280 g/mol. The fourth-order valence-electron chi connectivity index (χ4n) is 1.76. The summed E-state index contributed by atoms with van der Waals surface area (Å²) in [5, 5.41) is 4.73. The summed E-state index contributed by atoms with van der Waals surface area (Å²) in [6.45, 7) is 3.93. The Morgan fingerprint density at radius 3 is 2.74 bits per heavy atom. The van der Waals surface area contributed by atoms with Gasteiger partial charge in [-0.25, -0.2) is 4.98 Å². The Morgan fingerprint density at radius 2 is 2.16 bits per heavy atom. The first-order valence-corrected chi connectivity index (χ1v) is 6.14. The quantitative estimate of drug-likeness (QED) is 0.807. The minimum absolute atomic E-state index is 0.254. The van der Waals surface area contributed by atoms with Crippen LogP contribution in [0.1, 0.15) is 27.4 Å². The van der Waals surface area contributed by atoms with Crippen LogP contribution < -0.4 is 4.74 Å². The minimum Gasteiger partial charge on any atom is -0.486 e. The number of nitrogens with zero attached hydrogens (tertiary/aromatic N) is 3. The highest BCUT2D eigenvalue weighted by Gasteiger charge is 2.13. The number of halogens is 1. The van der Waals surface area contributed by atoms with E-state index in [1.807, 2.05) is 13.8 Å². The summed E-state index contributed by atoms with van der Waals surface area (Å²) in [5.41, 5.74) is 2.67. The van der Waals surface area contributed by atoms with Crippen LogP contribution in [0.5, 0.6) is 5.75 Å².